The molecule has 0 spiro atoms. The fourth-order valence-electron chi connectivity index (χ4n) is 6.14. The van der Waals surface area contributed by atoms with Gasteiger partial charge < -0.3 is 4.90 Å². The zero-order chi connectivity index (χ0) is 19.7. The van der Waals surface area contributed by atoms with Crippen molar-refractivity contribution in [2.24, 2.45) is 11.8 Å². The van der Waals surface area contributed by atoms with Crippen LogP contribution in [-0.2, 0) is 0 Å². The lowest BCUT2D eigenvalue weighted by atomic mass is 9.70. The van der Waals surface area contributed by atoms with E-state index in [0.29, 0.717) is 23.7 Å². The fourth-order valence-corrected chi connectivity index (χ4v) is 6.63. The van der Waals surface area contributed by atoms with Crippen LogP contribution in [0.2, 0.25) is 0 Å². The van der Waals surface area contributed by atoms with Gasteiger partial charge in [0.25, 0.3) is 5.69 Å². The summed E-state index contributed by atoms with van der Waals surface area (Å²) in [4.78, 5) is 13.7. The van der Waals surface area contributed by atoms with Gasteiger partial charge in [0.2, 0.25) is 0 Å². The molecule has 4 nitrogen and oxygen atoms in total. The maximum absolute atomic E-state index is 11.4. The summed E-state index contributed by atoms with van der Waals surface area (Å²) in [5.74, 6) is 1.84. The molecule has 29 heavy (non-hydrogen) atoms. The minimum atomic E-state index is -0.277. The molecule has 0 fully saturated rings. The highest BCUT2D eigenvalue weighted by Crippen LogP contribution is 2.59. The van der Waals surface area contributed by atoms with E-state index in [9.17, 15) is 10.1 Å². The Morgan fingerprint density at radius 2 is 1.79 bits per heavy atom. The number of nitro benzene ring substituents is 1. The molecule has 0 radical (unpaired) electrons. The van der Waals surface area contributed by atoms with Gasteiger partial charge >= 0.3 is 0 Å². The Hall–Kier alpha value is -2.40. The Labute approximate surface area is 178 Å². The van der Waals surface area contributed by atoms with Crippen LogP contribution in [0.5, 0.6) is 0 Å². The third-order valence-electron chi connectivity index (χ3n) is 7.24. The zero-order valence-corrected chi connectivity index (χ0v) is 17.5. The summed E-state index contributed by atoms with van der Waals surface area (Å²) in [5.41, 5.74) is 5.44. The molecule has 4 aliphatic rings. The average molecular weight is 449 g/mol. The van der Waals surface area contributed by atoms with Crippen LogP contribution in [0, 0.1) is 22.0 Å². The average Bonchev–Trinajstić information content (AvgIpc) is 3.37. The van der Waals surface area contributed by atoms with Crippen LogP contribution in [0.4, 0.5) is 11.4 Å². The molecule has 5 heteroatoms. The summed E-state index contributed by atoms with van der Waals surface area (Å²) < 4.78 is 1.15. The number of anilines is 1. The number of halogens is 1. The van der Waals surface area contributed by atoms with Crippen molar-refractivity contribution in [2.45, 2.75) is 30.7 Å². The lowest BCUT2D eigenvalue weighted by Gasteiger charge is -2.51. The number of hydrogen-bond acceptors (Lipinski definition) is 3. The molecule has 2 aliphatic heterocycles. The predicted molar refractivity (Wildman–Crippen MR) is 117 cm³/mol. The molecule has 0 saturated carbocycles. The number of rotatable bonds is 2. The third-order valence-corrected chi connectivity index (χ3v) is 7.70. The molecule has 5 atom stereocenters. The van der Waals surface area contributed by atoms with Gasteiger partial charge in [0.05, 0.1) is 11.0 Å². The highest BCUT2D eigenvalue weighted by Gasteiger charge is 2.47. The van der Waals surface area contributed by atoms with Gasteiger partial charge in [0.1, 0.15) is 0 Å². The molecular weight excluding hydrogens is 428 g/mol. The lowest BCUT2D eigenvalue weighted by molar-refractivity contribution is -0.384. The van der Waals surface area contributed by atoms with Crippen molar-refractivity contribution in [3.05, 3.63) is 92.0 Å². The first-order chi connectivity index (χ1) is 14.1. The van der Waals surface area contributed by atoms with Crippen molar-refractivity contribution in [3.8, 4) is 0 Å². The van der Waals surface area contributed by atoms with Gasteiger partial charge in [0, 0.05) is 40.7 Å². The van der Waals surface area contributed by atoms with Crippen molar-refractivity contribution < 1.29 is 4.92 Å². The first-order valence-corrected chi connectivity index (χ1v) is 11.1. The number of allylic oxidation sites excluding steroid dienone is 4. The molecule has 2 heterocycles. The third kappa shape index (κ3) is 2.49. The SMILES string of the molecule is O=[N+]([O-])c1cccc([C@H]2[C@H]3CC=C[C@@H]3c3cc(Br)cc4c3N2C[C@H]2CC=C[C@H]42)c1. The van der Waals surface area contributed by atoms with Crippen LogP contribution in [0.1, 0.15) is 47.4 Å². The lowest BCUT2D eigenvalue weighted by Crippen LogP contribution is -2.46. The Morgan fingerprint density at radius 3 is 2.62 bits per heavy atom. The van der Waals surface area contributed by atoms with E-state index in [1.807, 2.05) is 6.07 Å². The van der Waals surface area contributed by atoms with Gasteiger partial charge in [0.15, 0.2) is 0 Å². The summed E-state index contributed by atoms with van der Waals surface area (Å²) in [6, 6.07) is 12.1. The largest absolute Gasteiger partial charge is 0.363 e. The van der Waals surface area contributed by atoms with Crippen molar-refractivity contribution in [2.75, 3.05) is 11.4 Å². The standard InChI is InChI=1S/C24H21BrN2O2/c25-16-11-21-18-7-2-5-15(18)13-26-23(14-4-1-6-17(10-14)27(28)29)20-9-3-8-19(20)22(12-16)24(21)26/h1-4,6-8,10-12,15,18-20,23H,5,9,13H2/t15-,18+,19+,20+,23+/m1/s1. The highest BCUT2D eigenvalue weighted by atomic mass is 79.9. The zero-order valence-electron chi connectivity index (χ0n) is 15.9. The molecule has 0 unspecified atom stereocenters. The molecule has 2 aromatic carbocycles. The topological polar surface area (TPSA) is 46.4 Å². The van der Waals surface area contributed by atoms with Crippen LogP contribution in [-0.4, -0.2) is 11.5 Å². The van der Waals surface area contributed by atoms with E-state index in [2.05, 4.69) is 63.3 Å². The molecule has 2 aromatic rings. The van der Waals surface area contributed by atoms with Gasteiger partial charge in [-0.05, 0) is 53.5 Å². The van der Waals surface area contributed by atoms with Crippen molar-refractivity contribution >= 4 is 27.3 Å². The number of non-ortho nitro benzene ring substituents is 1. The van der Waals surface area contributed by atoms with Crippen molar-refractivity contribution in [1.82, 2.24) is 0 Å². The minimum Gasteiger partial charge on any atom is -0.363 e. The van der Waals surface area contributed by atoms with Crippen LogP contribution in [0.3, 0.4) is 0 Å². The smallest absolute Gasteiger partial charge is 0.269 e. The van der Waals surface area contributed by atoms with E-state index in [1.165, 1.54) is 16.8 Å². The second-order valence-corrected chi connectivity index (χ2v) is 9.60. The van der Waals surface area contributed by atoms with Gasteiger partial charge in [-0.15, -0.1) is 0 Å². The molecule has 0 N–H and O–H groups in total. The van der Waals surface area contributed by atoms with E-state index >= 15 is 0 Å². The Kier molecular flexibility index (Phi) is 3.79. The quantitative estimate of drug-likeness (QED) is 0.309. The molecule has 146 valence electrons. The van der Waals surface area contributed by atoms with Gasteiger partial charge in [-0.3, -0.25) is 10.1 Å². The maximum Gasteiger partial charge on any atom is 0.269 e. The summed E-state index contributed by atoms with van der Waals surface area (Å²) in [6.07, 6.45) is 11.5. The number of nitrogens with zero attached hydrogens (tertiary/aromatic N) is 2. The van der Waals surface area contributed by atoms with E-state index < -0.39 is 0 Å². The van der Waals surface area contributed by atoms with Crippen LogP contribution in [0.15, 0.2) is 65.2 Å². The highest BCUT2D eigenvalue weighted by molar-refractivity contribution is 9.10. The maximum atomic E-state index is 11.4. The summed E-state index contributed by atoms with van der Waals surface area (Å²) >= 11 is 3.76. The Balaban J connectivity index is 1.57. The molecule has 0 bridgehead atoms. The monoisotopic (exact) mass is 448 g/mol. The first kappa shape index (κ1) is 17.5. The molecule has 6 rings (SSSR count). The van der Waals surface area contributed by atoms with Gasteiger partial charge in [-0.25, -0.2) is 0 Å². The first-order valence-electron chi connectivity index (χ1n) is 10.3. The molecule has 0 amide bonds. The normalized spacial score (nSPS) is 30.8. The number of benzene rings is 2. The Morgan fingerprint density at radius 1 is 1.03 bits per heavy atom. The van der Waals surface area contributed by atoms with Crippen LogP contribution < -0.4 is 4.90 Å². The summed E-state index contributed by atoms with van der Waals surface area (Å²) in [7, 11) is 0. The summed E-state index contributed by atoms with van der Waals surface area (Å²) in [6.45, 7) is 1.01. The number of fused-ring (bicyclic) bond motifs is 4. The van der Waals surface area contributed by atoms with Gasteiger partial charge in [-0.2, -0.15) is 0 Å². The second kappa shape index (κ2) is 6.30. The number of hydrogen-bond donors (Lipinski definition) is 0. The molecular formula is C24H21BrN2O2. The second-order valence-electron chi connectivity index (χ2n) is 8.69. The van der Waals surface area contributed by atoms with Gasteiger partial charge in [-0.1, -0.05) is 52.4 Å². The van der Waals surface area contributed by atoms with Crippen LogP contribution in [0.25, 0.3) is 0 Å². The van der Waals surface area contributed by atoms with Crippen molar-refractivity contribution in [3.63, 3.8) is 0 Å². The Bertz CT molecular complexity index is 1080. The predicted octanol–water partition coefficient (Wildman–Crippen LogP) is 6.25. The molecule has 0 aromatic heterocycles. The number of nitro groups is 1. The minimum absolute atomic E-state index is 0.170. The van der Waals surface area contributed by atoms with Crippen LogP contribution >= 0.6 is 15.9 Å². The van der Waals surface area contributed by atoms with Crippen molar-refractivity contribution in [1.29, 1.82) is 0 Å². The molecule has 0 saturated heterocycles. The van der Waals surface area contributed by atoms with E-state index in [0.717, 1.165) is 29.4 Å². The van der Waals surface area contributed by atoms with E-state index in [-0.39, 0.29) is 16.7 Å². The van der Waals surface area contributed by atoms with E-state index in [4.69, 9.17) is 0 Å². The van der Waals surface area contributed by atoms with E-state index in [1.54, 1.807) is 12.1 Å². The molecule has 2 aliphatic carbocycles. The fraction of sp³-hybridized carbons (Fsp3) is 0.333. The summed E-state index contributed by atoms with van der Waals surface area (Å²) in [5, 5.41) is 11.4.